The number of nitrogens with one attached hydrogen (secondary N) is 2. The average Bonchev–Trinajstić information content (AvgIpc) is 2.91. The Morgan fingerprint density at radius 2 is 1.83 bits per heavy atom. The third-order valence-electron chi connectivity index (χ3n) is 6.43. The molecule has 0 radical (unpaired) electrons. The lowest BCUT2D eigenvalue weighted by atomic mass is 10.00. The summed E-state index contributed by atoms with van der Waals surface area (Å²) in [7, 11) is 3.82. The van der Waals surface area contributed by atoms with E-state index in [9.17, 15) is 4.79 Å². The summed E-state index contributed by atoms with van der Waals surface area (Å²) >= 11 is 0. The van der Waals surface area contributed by atoms with E-state index in [0.717, 1.165) is 19.5 Å². The second-order valence-electron chi connectivity index (χ2n) is 8.89. The Labute approximate surface area is 209 Å². The topological polar surface area (TPSA) is 77.5 Å². The van der Waals surface area contributed by atoms with Gasteiger partial charge in [-0.15, -0.1) is 0 Å². The molecule has 3 aromatic rings. The molecule has 2 aromatic carbocycles. The molecule has 6 nitrogen and oxygen atoms in total. The van der Waals surface area contributed by atoms with Crippen molar-refractivity contribution in [3.63, 3.8) is 0 Å². The Morgan fingerprint density at radius 1 is 1.06 bits per heavy atom. The van der Waals surface area contributed by atoms with E-state index >= 15 is 0 Å². The zero-order valence-electron chi connectivity index (χ0n) is 21.2. The Kier molecular flexibility index (Phi) is 10.1. The molecular weight excluding hydrogens is 436 g/mol. The Bertz CT molecular complexity index is 1080. The number of rotatable bonds is 9. The van der Waals surface area contributed by atoms with Crippen molar-refractivity contribution in [2.24, 2.45) is 0 Å². The normalized spacial score (nSPS) is 12.2. The molecule has 0 unspecified atom stereocenters. The summed E-state index contributed by atoms with van der Waals surface area (Å²) in [5, 5.41) is 14.8. The second kappa shape index (κ2) is 13.5. The van der Waals surface area contributed by atoms with Crippen LogP contribution in [-0.4, -0.2) is 36.7 Å². The van der Waals surface area contributed by atoms with Crippen LogP contribution in [-0.2, 0) is 19.4 Å². The summed E-state index contributed by atoms with van der Waals surface area (Å²) < 4.78 is 0. The molecular formula is C29H38N4O2. The van der Waals surface area contributed by atoms with Gasteiger partial charge in [0.2, 0.25) is 0 Å². The highest BCUT2D eigenvalue weighted by atomic mass is 16.4. The van der Waals surface area contributed by atoms with Crippen molar-refractivity contribution in [3.05, 3.63) is 83.2 Å². The van der Waals surface area contributed by atoms with Gasteiger partial charge in [-0.3, -0.25) is 4.98 Å². The van der Waals surface area contributed by atoms with Crippen molar-refractivity contribution in [1.82, 2.24) is 10.3 Å². The van der Waals surface area contributed by atoms with E-state index in [2.05, 4.69) is 77.0 Å². The molecule has 0 atom stereocenters. The Balaban J connectivity index is 0.000000261. The van der Waals surface area contributed by atoms with Crippen LogP contribution in [0.1, 0.15) is 59.7 Å². The van der Waals surface area contributed by atoms with Crippen LogP contribution in [0.25, 0.3) is 0 Å². The highest BCUT2D eigenvalue weighted by Gasteiger charge is 2.11. The molecule has 0 spiro atoms. The maximum absolute atomic E-state index is 10.5. The van der Waals surface area contributed by atoms with E-state index in [1.165, 1.54) is 78.6 Å². The van der Waals surface area contributed by atoms with Crippen molar-refractivity contribution in [1.29, 1.82) is 0 Å². The van der Waals surface area contributed by atoms with Crippen molar-refractivity contribution < 1.29 is 9.90 Å². The summed E-state index contributed by atoms with van der Waals surface area (Å²) in [5.74, 6) is -0.947. The SMILES string of the molecule is CCCCCCc1ccc(N(C)c2ccc3c(c2)CCNC3)cc1.CNc1cnccc1C(=O)O. The zero-order chi connectivity index (χ0) is 25.0. The summed E-state index contributed by atoms with van der Waals surface area (Å²) in [5.41, 5.74) is 7.71. The molecule has 35 heavy (non-hydrogen) atoms. The minimum Gasteiger partial charge on any atom is -0.478 e. The summed E-state index contributed by atoms with van der Waals surface area (Å²) in [4.78, 5) is 16.6. The van der Waals surface area contributed by atoms with Crippen LogP contribution in [0, 0.1) is 0 Å². The molecule has 1 aliphatic rings. The van der Waals surface area contributed by atoms with Crippen LogP contribution < -0.4 is 15.5 Å². The molecule has 186 valence electrons. The van der Waals surface area contributed by atoms with E-state index in [4.69, 9.17) is 5.11 Å². The quantitative estimate of drug-likeness (QED) is 0.328. The van der Waals surface area contributed by atoms with Gasteiger partial charge in [0, 0.05) is 38.2 Å². The first-order valence-corrected chi connectivity index (χ1v) is 12.5. The number of carbonyl (C=O) groups is 1. The molecule has 0 amide bonds. The lowest BCUT2D eigenvalue weighted by Gasteiger charge is -2.23. The van der Waals surface area contributed by atoms with Gasteiger partial charge >= 0.3 is 5.97 Å². The minimum atomic E-state index is -0.947. The number of aromatic carboxylic acids is 1. The third-order valence-corrected chi connectivity index (χ3v) is 6.43. The first-order valence-electron chi connectivity index (χ1n) is 12.5. The number of aryl methyl sites for hydroxylation is 1. The molecule has 2 heterocycles. The van der Waals surface area contributed by atoms with Gasteiger partial charge in [0.05, 0.1) is 17.4 Å². The molecule has 0 saturated carbocycles. The number of benzene rings is 2. The van der Waals surface area contributed by atoms with E-state index in [1.807, 2.05) is 0 Å². The van der Waals surface area contributed by atoms with Gasteiger partial charge < -0.3 is 20.6 Å². The molecule has 4 rings (SSSR count). The smallest absolute Gasteiger partial charge is 0.337 e. The highest BCUT2D eigenvalue weighted by Crippen LogP contribution is 2.27. The minimum absolute atomic E-state index is 0.238. The number of carboxylic acids is 1. The van der Waals surface area contributed by atoms with Gasteiger partial charge in [-0.25, -0.2) is 4.79 Å². The van der Waals surface area contributed by atoms with Crippen LogP contribution in [0.3, 0.4) is 0 Å². The third kappa shape index (κ3) is 7.55. The lowest BCUT2D eigenvalue weighted by Crippen LogP contribution is -2.23. The number of carboxylic acid groups (broad SMARTS) is 1. The van der Waals surface area contributed by atoms with Gasteiger partial charge in [-0.2, -0.15) is 0 Å². The van der Waals surface area contributed by atoms with E-state index < -0.39 is 5.97 Å². The predicted octanol–water partition coefficient (Wildman–Crippen LogP) is 6.04. The van der Waals surface area contributed by atoms with Crippen LogP contribution in [0.15, 0.2) is 60.9 Å². The van der Waals surface area contributed by atoms with Gasteiger partial charge in [-0.1, -0.05) is 44.4 Å². The first-order chi connectivity index (χ1) is 17.0. The number of aromatic nitrogens is 1. The molecule has 3 N–H and O–H groups in total. The molecule has 0 saturated heterocycles. The highest BCUT2D eigenvalue weighted by molar-refractivity contribution is 5.93. The second-order valence-corrected chi connectivity index (χ2v) is 8.89. The average molecular weight is 475 g/mol. The molecule has 0 bridgehead atoms. The maximum atomic E-state index is 10.5. The van der Waals surface area contributed by atoms with Gasteiger partial charge in [0.1, 0.15) is 0 Å². The van der Waals surface area contributed by atoms with Crippen molar-refractivity contribution >= 4 is 23.0 Å². The summed E-state index contributed by atoms with van der Waals surface area (Å²) in [6.45, 7) is 4.36. The molecule has 1 aromatic heterocycles. The number of pyridine rings is 1. The van der Waals surface area contributed by atoms with Gasteiger partial charge in [-0.05, 0) is 72.8 Å². The molecule has 6 heteroatoms. The van der Waals surface area contributed by atoms with Crippen molar-refractivity contribution in [2.75, 3.05) is 30.9 Å². The number of anilines is 3. The number of nitrogens with zero attached hydrogens (tertiary/aromatic N) is 2. The standard InChI is InChI=1S/C22H30N2.C7H8N2O2/c1-3-4-5-6-7-18-8-11-21(12-9-18)24(2)22-13-10-20-17-23-15-14-19(20)16-22;1-8-6-4-9-3-2-5(6)7(10)11/h8-13,16,23H,3-7,14-15,17H2,1-2H3;2-4,8H,1H3,(H,10,11). The summed E-state index contributed by atoms with van der Waals surface area (Å²) in [6, 6.07) is 17.4. The Hall–Kier alpha value is -3.38. The number of fused-ring (bicyclic) bond motifs is 1. The molecule has 0 fully saturated rings. The van der Waals surface area contributed by atoms with Gasteiger partial charge in [0.25, 0.3) is 0 Å². The maximum Gasteiger partial charge on any atom is 0.337 e. The fourth-order valence-electron chi connectivity index (χ4n) is 4.24. The van der Waals surface area contributed by atoms with E-state index in [-0.39, 0.29) is 5.56 Å². The lowest BCUT2D eigenvalue weighted by molar-refractivity contribution is 0.0698. The number of hydrogen-bond acceptors (Lipinski definition) is 5. The fraction of sp³-hybridized carbons (Fsp3) is 0.379. The van der Waals surface area contributed by atoms with E-state index in [0.29, 0.717) is 5.69 Å². The van der Waals surface area contributed by atoms with Crippen molar-refractivity contribution in [2.45, 2.75) is 52.0 Å². The fourth-order valence-corrected chi connectivity index (χ4v) is 4.24. The van der Waals surface area contributed by atoms with Crippen LogP contribution in [0.4, 0.5) is 17.1 Å². The van der Waals surface area contributed by atoms with Gasteiger partial charge in [0.15, 0.2) is 0 Å². The molecule has 0 aliphatic carbocycles. The van der Waals surface area contributed by atoms with E-state index in [1.54, 1.807) is 7.05 Å². The van der Waals surface area contributed by atoms with Crippen LogP contribution in [0.5, 0.6) is 0 Å². The first kappa shape index (κ1) is 26.2. The zero-order valence-corrected chi connectivity index (χ0v) is 21.2. The number of unbranched alkanes of at least 4 members (excludes halogenated alkanes) is 3. The summed E-state index contributed by atoms with van der Waals surface area (Å²) in [6.07, 6.45) is 10.6. The number of hydrogen-bond donors (Lipinski definition) is 3. The largest absolute Gasteiger partial charge is 0.478 e. The molecule has 1 aliphatic heterocycles. The monoisotopic (exact) mass is 474 g/mol. The predicted molar refractivity (Wildman–Crippen MR) is 145 cm³/mol. The van der Waals surface area contributed by atoms with Crippen LogP contribution in [0.2, 0.25) is 0 Å². The van der Waals surface area contributed by atoms with Crippen LogP contribution >= 0.6 is 0 Å². The van der Waals surface area contributed by atoms with Crippen molar-refractivity contribution in [3.8, 4) is 0 Å². The Morgan fingerprint density at radius 3 is 2.51 bits per heavy atom.